The van der Waals surface area contributed by atoms with E-state index in [-0.39, 0.29) is 5.91 Å². The van der Waals surface area contributed by atoms with Crippen molar-refractivity contribution in [2.75, 3.05) is 19.6 Å². The van der Waals surface area contributed by atoms with Crippen molar-refractivity contribution in [3.8, 4) is 0 Å². The Hall–Kier alpha value is -1.36. The topological polar surface area (TPSA) is 41.4 Å². The van der Waals surface area contributed by atoms with Crippen LogP contribution in [0.4, 0.5) is 0 Å². The predicted molar refractivity (Wildman–Crippen MR) is 70.4 cm³/mol. The Morgan fingerprint density at radius 3 is 2.44 bits per heavy atom. The highest BCUT2D eigenvalue weighted by Gasteiger charge is 2.31. The van der Waals surface area contributed by atoms with Gasteiger partial charge in [0.1, 0.15) is 5.69 Å². The van der Waals surface area contributed by atoms with E-state index in [4.69, 9.17) is 0 Å². The summed E-state index contributed by atoms with van der Waals surface area (Å²) in [7, 11) is 1.83. The van der Waals surface area contributed by atoms with E-state index in [1.807, 2.05) is 18.1 Å². The highest BCUT2D eigenvalue weighted by molar-refractivity contribution is 5.92. The number of aryl methyl sites for hydroxylation is 1. The Labute approximate surface area is 108 Å². The highest BCUT2D eigenvalue weighted by Crippen LogP contribution is 2.16. The van der Waals surface area contributed by atoms with Crippen LogP contribution in [0.15, 0.2) is 12.3 Å². The minimum atomic E-state index is 0.0463. The number of hydrogen-bond acceptors (Lipinski definition) is 3. The number of carbonyl (C=O) groups is 1. The van der Waals surface area contributed by atoms with Crippen LogP contribution in [0, 0.1) is 0 Å². The number of nitrogens with zero attached hydrogens (tertiary/aromatic N) is 4. The molecule has 1 amide bonds. The standard InChI is InChI=1S/C13H22N4O/c1-5-17-10(2)8-16(9-11(17)3)13(18)12-6-7-15(4)14-12/h6-7,10-11H,5,8-9H2,1-4H3/t10-,11+. The number of carbonyl (C=O) groups excluding carboxylic acids is 1. The lowest BCUT2D eigenvalue weighted by atomic mass is 10.1. The molecule has 0 saturated carbocycles. The van der Waals surface area contributed by atoms with Gasteiger partial charge in [-0.25, -0.2) is 0 Å². The molecule has 0 bridgehead atoms. The molecular formula is C13H22N4O. The second-order valence-electron chi connectivity index (χ2n) is 5.11. The lowest BCUT2D eigenvalue weighted by Crippen LogP contribution is -2.57. The molecule has 5 heteroatoms. The molecule has 1 saturated heterocycles. The van der Waals surface area contributed by atoms with Crippen molar-refractivity contribution in [2.24, 2.45) is 7.05 Å². The lowest BCUT2D eigenvalue weighted by molar-refractivity contribution is 0.0325. The third-order valence-corrected chi connectivity index (χ3v) is 3.69. The Morgan fingerprint density at radius 1 is 1.39 bits per heavy atom. The van der Waals surface area contributed by atoms with Crippen molar-refractivity contribution in [2.45, 2.75) is 32.9 Å². The quantitative estimate of drug-likeness (QED) is 0.785. The summed E-state index contributed by atoms with van der Waals surface area (Å²) in [6.45, 7) is 9.13. The largest absolute Gasteiger partial charge is 0.334 e. The van der Waals surface area contributed by atoms with Gasteiger partial charge in [0.15, 0.2) is 0 Å². The predicted octanol–water partition coefficient (Wildman–Crippen LogP) is 0.975. The molecule has 1 aromatic heterocycles. The van der Waals surface area contributed by atoms with Crippen LogP contribution in [0.2, 0.25) is 0 Å². The number of likely N-dealkylation sites (N-methyl/N-ethyl adjacent to an activating group) is 1. The normalized spacial score (nSPS) is 25.4. The van der Waals surface area contributed by atoms with Crippen LogP contribution in [-0.2, 0) is 7.05 Å². The van der Waals surface area contributed by atoms with Crippen LogP contribution in [0.5, 0.6) is 0 Å². The van der Waals surface area contributed by atoms with Gasteiger partial charge < -0.3 is 4.90 Å². The number of hydrogen-bond donors (Lipinski definition) is 0. The van der Waals surface area contributed by atoms with Gasteiger partial charge in [0.05, 0.1) is 0 Å². The molecule has 18 heavy (non-hydrogen) atoms. The molecule has 1 aromatic rings. The molecule has 0 spiro atoms. The fraction of sp³-hybridized carbons (Fsp3) is 0.692. The van der Waals surface area contributed by atoms with Crippen LogP contribution in [0.3, 0.4) is 0 Å². The summed E-state index contributed by atoms with van der Waals surface area (Å²) >= 11 is 0. The zero-order valence-corrected chi connectivity index (χ0v) is 11.6. The van der Waals surface area contributed by atoms with E-state index in [0.29, 0.717) is 17.8 Å². The van der Waals surface area contributed by atoms with Gasteiger partial charge in [0.25, 0.3) is 5.91 Å². The number of piperazine rings is 1. The summed E-state index contributed by atoms with van der Waals surface area (Å²) in [5.41, 5.74) is 0.543. The highest BCUT2D eigenvalue weighted by atomic mass is 16.2. The molecule has 0 radical (unpaired) electrons. The summed E-state index contributed by atoms with van der Waals surface area (Å²) in [4.78, 5) is 16.7. The summed E-state index contributed by atoms with van der Waals surface area (Å²) in [5.74, 6) is 0.0463. The Bertz CT molecular complexity index is 416. The van der Waals surface area contributed by atoms with Crippen LogP contribution >= 0.6 is 0 Å². The van der Waals surface area contributed by atoms with Gasteiger partial charge >= 0.3 is 0 Å². The second-order valence-corrected chi connectivity index (χ2v) is 5.11. The SMILES string of the molecule is CCN1[C@H](C)CN(C(=O)c2ccn(C)n2)C[C@@H]1C. The summed E-state index contributed by atoms with van der Waals surface area (Å²) < 4.78 is 1.67. The first kappa shape index (κ1) is 13.1. The molecule has 1 aliphatic rings. The molecule has 0 aliphatic carbocycles. The van der Waals surface area contributed by atoms with Gasteiger partial charge in [-0.1, -0.05) is 6.92 Å². The van der Waals surface area contributed by atoms with E-state index >= 15 is 0 Å². The zero-order chi connectivity index (χ0) is 13.3. The molecule has 2 heterocycles. The first-order valence-corrected chi connectivity index (χ1v) is 6.57. The van der Waals surface area contributed by atoms with Gasteiger partial charge in [-0.3, -0.25) is 14.4 Å². The van der Waals surface area contributed by atoms with E-state index in [1.165, 1.54) is 0 Å². The van der Waals surface area contributed by atoms with Crippen molar-refractivity contribution in [3.63, 3.8) is 0 Å². The second kappa shape index (κ2) is 5.10. The monoisotopic (exact) mass is 250 g/mol. The smallest absolute Gasteiger partial charge is 0.274 e. The zero-order valence-electron chi connectivity index (χ0n) is 11.6. The van der Waals surface area contributed by atoms with E-state index in [0.717, 1.165) is 19.6 Å². The van der Waals surface area contributed by atoms with Gasteiger partial charge in [-0.2, -0.15) is 5.10 Å². The van der Waals surface area contributed by atoms with Crippen LogP contribution < -0.4 is 0 Å². The maximum atomic E-state index is 12.3. The Balaban J connectivity index is 2.09. The molecule has 2 rings (SSSR count). The van der Waals surface area contributed by atoms with Crippen LogP contribution in [0.1, 0.15) is 31.3 Å². The average Bonchev–Trinajstić information content (AvgIpc) is 2.74. The fourth-order valence-corrected chi connectivity index (χ4v) is 2.84. The lowest BCUT2D eigenvalue weighted by Gasteiger charge is -2.43. The van der Waals surface area contributed by atoms with E-state index in [2.05, 4.69) is 30.8 Å². The van der Waals surface area contributed by atoms with Crippen molar-refractivity contribution in [1.29, 1.82) is 0 Å². The van der Waals surface area contributed by atoms with Gasteiger partial charge in [0.2, 0.25) is 0 Å². The summed E-state index contributed by atoms with van der Waals surface area (Å²) in [6.07, 6.45) is 1.81. The summed E-state index contributed by atoms with van der Waals surface area (Å²) in [6, 6.07) is 2.60. The van der Waals surface area contributed by atoms with E-state index in [1.54, 1.807) is 10.7 Å². The molecule has 5 nitrogen and oxygen atoms in total. The van der Waals surface area contributed by atoms with Crippen LogP contribution in [0.25, 0.3) is 0 Å². The van der Waals surface area contributed by atoms with Crippen molar-refractivity contribution in [3.05, 3.63) is 18.0 Å². The Morgan fingerprint density at radius 2 is 2.00 bits per heavy atom. The molecule has 1 aliphatic heterocycles. The molecule has 100 valence electrons. The van der Waals surface area contributed by atoms with E-state index < -0.39 is 0 Å². The molecule has 2 atom stereocenters. The number of aromatic nitrogens is 2. The molecule has 0 N–H and O–H groups in total. The van der Waals surface area contributed by atoms with Gasteiger partial charge in [0, 0.05) is 38.4 Å². The average molecular weight is 250 g/mol. The summed E-state index contributed by atoms with van der Waals surface area (Å²) in [5, 5.41) is 4.19. The Kier molecular flexibility index (Phi) is 3.71. The van der Waals surface area contributed by atoms with Gasteiger partial charge in [-0.05, 0) is 26.5 Å². The third kappa shape index (κ3) is 2.41. The van der Waals surface area contributed by atoms with Crippen LogP contribution in [-0.4, -0.2) is 57.2 Å². The van der Waals surface area contributed by atoms with E-state index in [9.17, 15) is 4.79 Å². The minimum Gasteiger partial charge on any atom is -0.334 e. The molecule has 0 unspecified atom stereocenters. The minimum absolute atomic E-state index is 0.0463. The van der Waals surface area contributed by atoms with Crippen molar-refractivity contribution in [1.82, 2.24) is 19.6 Å². The maximum absolute atomic E-state index is 12.3. The van der Waals surface area contributed by atoms with Crippen molar-refractivity contribution < 1.29 is 4.79 Å². The molecule has 0 aromatic carbocycles. The molecule has 1 fully saturated rings. The number of amides is 1. The first-order chi connectivity index (χ1) is 8.52. The third-order valence-electron chi connectivity index (χ3n) is 3.69. The fourth-order valence-electron chi connectivity index (χ4n) is 2.84. The van der Waals surface area contributed by atoms with Gasteiger partial charge in [-0.15, -0.1) is 0 Å². The molecular weight excluding hydrogens is 228 g/mol. The van der Waals surface area contributed by atoms with Crippen molar-refractivity contribution >= 4 is 5.91 Å². The maximum Gasteiger partial charge on any atom is 0.274 e. The number of rotatable bonds is 2. The first-order valence-electron chi connectivity index (χ1n) is 6.57.